The van der Waals surface area contributed by atoms with Gasteiger partial charge in [0.05, 0.1) is 5.56 Å². The summed E-state index contributed by atoms with van der Waals surface area (Å²) in [5, 5.41) is 0. The highest BCUT2D eigenvalue weighted by atomic mass is 16.5. The molecule has 4 nitrogen and oxygen atoms in total. The lowest BCUT2D eigenvalue weighted by molar-refractivity contribution is -0.136. The van der Waals surface area contributed by atoms with Crippen molar-refractivity contribution in [3.63, 3.8) is 0 Å². The van der Waals surface area contributed by atoms with Gasteiger partial charge < -0.3 is 10.5 Å². The first kappa shape index (κ1) is 20.4. The number of hydrogen-bond donors (Lipinski definition) is 1. The van der Waals surface area contributed by atoms with E-state index < -0.39 is 12.0 Å². The number of ether oxygens (including phenoxy) is 1. The van der Waals surface area contributed by atoms with Crippen molar-refractivity contribution < 1.29 is 14.3 Å². The van der Waals surface area contributed by atoms with Gasteiger partial charge in [0.1, 0.15) is 11.8 Å². The molecule has 24 heavy (non-hydrogen) atoms. The van der Waals surface area contributed by atoms with Crippen LogP contribution >= 0.6 is 0 Å². The van der Waals surface area contributed by atoms with Gasteiger partial charge in [0.15, 0.2) is 6.29 Å². The number of esters is 1. The van der Waals surface area contributed by atoms with Gasteiger partial charge in [-0.3, -0.25) is 4.79 Å². The average Bonchev–Trinajstić information content (AvgIpc) is 2.43. The molecule has 0 saturated heterocycles. The summed E-state index contributed by atoms with van der Waals surface area (Å²) in [6, 6.07) is 3.10. The summed E-state index contributed by atoms with van der Waals surface area (Å²) in [4.78, 5) is 24.0. The maximum Gasteiger partial charge on any atom is 0.328 e. The highest BCUT2D eigenvalue weighted by Crippen LogP contribution is 2.38. The Morgan fingerprint density at radius 3 is 2.00 bits per heavy atom. The molecule has 0 heterocycles. The summed E-state index contributed by atoms with van der Waals surface area (Å²) in [6.07, 6.45) is 0.744. The lowest BCUT2D eigenvalue weighted by Crippen LogP contribution is -2.39. The Balaban J connectivity index is 3.52. The summed E-state index contributed by atoms with van der Waals surface area (Å²) in [5.74, 6) is -0.224. The minimum atomic E-state index is -0.723. The molecule has 0 aliphatic carbocycles. The zero-order valence-corrected chi connectivity index (χ0v) is 16.2. The zero-order chi connectivity index (χ0) is 18.9. The molecule has 1 aromatic rings. The van der Waals surface area contributed by atoms with Gasteiger partial charge in [-0.25, -0.2) is 4.79 Å². The van der Waals surface area contributed by atoms with Crippen molar-refractivity contribution in [2.75, 3.05) is 0 Å². The molecule has 1 rings (SSSR count). The van der Waals surface area contributed by atoms with E-state index >= 15 is 0 Å². The van der Waals surface area contributed by atoms with Crippen molar-refractivity contribution in [1.29, 1.82) is 0 Å². The van der Waals surface area contributed by atoms with Crippen LogP contribution in [0.2, 0.25) is 0 Å². The van der Waals surface area contributed by atoms with Crippen LogP contribution in [0.1, 0.15) is 76.9 Å². The van der Waals surface area contributed by atoms with Gasteiger partial charge in [-0.1, -0.05) is 61.5 Å². The Bertz CT molecular complexity index is 619. The Morgan fingerprint density at radius 2 is 1.62 bits per heavy atom. The van der Waals surface area contributed by atoms with E-state index in [1.54, 1.807) is 6.07 Å². The van der Waals surface area contributed by atoms with Crippen molar-refractivity contribution in [3.8, 4) is 5.75 Å². The van der Waals surface area contributed by atoms with E-state index in [0.29, 0.717) is 11.3 Å². The van der Waals surface area contributed by atoms with E-state index in [4.69, 9.17) is 10.5 Å². The summed E-state index contributed by atoms with van der Waals surface area (Å²) >= 11 is 0. The molecular weight excluding hydrogens is 302 g/mol. The Kier molecular flexibility index (Phi) is 5.99. The average molecular weight is 333 g/mol. The predicted molar refractivity (Wildman–Crippen MR) is 97.7 cm³/mol. The van der Waals surface area contributed by atoms with E-state index in [0.717, 1.165) is 17.4 Å². The van der Waals surface area contributed by atoms with E-state index in [-0.39, 0.29) is 16.7 Å². The molecule has 0 amide bonds. The first-order chi connectivity index (χ1) is 10.8. The molecule has 0 saturated carbocycles. The van der Waals surface area contributed by atoms with Crippen LogP contribution in [0.15, 0.2) is 12.1 Å². The highest BCUT2D eigenvalue weighted by Gasteiger charge is 2.29. The smallest absolute Gasteiger partial charge is 0.328 e. The van der Waals surface area contributed by atoms with Gasteiger partial charge in [0.2, 0.25) is 0 Å². The second-order valence-electron chi connectivity index (χ2n) is 8.75. The third kappa shape index (κ3) is 4.67. The largest absolute Gasteiger partial charge is 0.424 e. The molecule has 0 fully saturated rings. The van der Waals surface area contributed by atoms with Gasteiger partial charge in [-0.15, -0.1) is 0 Å². The summed E-state index contributed by atoms with van der Waals surface area (Å²) in [7, 11) is 0. The quantitative estimate of drug-likeness (QED) is 0.514. The monoisotopic (exact) mass is 333 g/mol. The lowest BCUT2D eigenvalue weighted by Gasteiger charge is -2.28. The molecule has 0 unspecified atom stereocenters. The number of carbonyl (C=O) groups excluding carboxylic acids is 2. The van der Waals surface area contributed by atoms with Crippen molar-refractivity contribution in [3.05, 3.63) is 28.8 Å². The van der Waals surface area contributed by atoms with Crippen molar-refractivity contribution >= 4 is 12.3 Å². The molecule has 2 N–H and O–H groups in total. The Labute approximate surface area is 145 Å². The highest BCUT2D eigenvalue weighted by molar-refractivity contribution is 5.86. The maximum absolute atomic E-state index is 12.3. The van der Waals surface area contributed by atoms with Gasteiger partial charge >= 0.3 is 5.97 Å². The first-order valence-electron chi connectivity index (χ1n) is 8.40. The van der Waals surface area contributed by atoms with Gasteiger partial charge in [0, 0.05) is 5.56 Å². The van der Waals surface area contributed by atoms with Crippen LogP contribution in [0, 0.1) is 5.92 Å². The molecule has 0 aromatic heterocycles. The number of nitrogens with two attached hydrogens (primary N) is 1. The molecule has 4 heteroatoms. The predicted octanol–water partition coefficient (Wildman–Crippen LogP) is 3.98. The minimum Gasteiger partial charge on any atom is -0.424 e. The molecule has 1 aromatic carbocycles. The van der Waals surface area contributed by atoms with Crippen LogP contribution in [0.5, 0.6) is 5.75 Å². The molecule has 0 spiro atoms. The maximum atomic E-state index is 12.3. The van der Waals surface area contributed by atoms with E-state index in [2.05, 4.69) is 20.8 Å². The number of carbonyl (C=O) groups is 2. The summed E-state index contributed by atoms with van der Waals surface area (Å²) in [5.41, 5.74) is 7.75. The summed E-state index contributed by atoms with van der Waals surface area (Å²) in [6.45, 7) is 16.1. The Morgan fingerprint density at radius 1 is 1.08 bits per heavy atom. The van der Waals surface area contributed by atoms with Crippen LogP contribution < -0.4 is 10.5 Å². The SMILES string of the molecule is CC(C)[C@@H](N)C(=O)Oc1c(C=O)cc(C(C)(C)C)cc1C(C)(C)C. The lowest BCUT2D eigenvalue weighted by atomic mass is 9.79. The number of aldehydes is 1. The fourth-order valence-corrected chi connectivity index (χ4v) is 2.28. The molecular formula is C20H31NO3. The fourth-order valence-electron chi connectivity index (χ4n) is 2.28. The molecule has 0 radical (unpaired) electrons. The second-order valence-corrected chi connectivity index (χ2v) is 8.75. The van der Waals surface area contributed by atoms with Gasteiger partial charge in [-0.05, 0) is 28.4 Å². The van der Waals surface area contributed by atoms with Crippen molar-refractivity contribution in [2.24, 2.45) is 11.7 Å². The zero-order valence-electron chi connectivity index (χ0n) is 16.2. The topological polar surface area (TPSA) is 69.4 Å². The Hall–Kier alpha value is -1.68. The van der Waals surface area contributed by atoms with Gasteiger partial charge in [0.25, 0.3) is 0 Å². The van der Waals surface area contributed by atoms with Gasteiger partial charge in [-0.2, -0.15) is 0 Å². The number of benzene rings is 1. The molecule has 134 valence electrons. The van der Waals surface area contributed by atoms with Crippen LogP contribution in [-0.2, 0) is 15.6 Å². The van der Waals surface area contributed by atoms with Crippen LogP contribution in [0.3, 0.4) is 0 Å². The number of hydrogen-bond acceptors (Lipinski definition) is 4. The van der Waals surface area contributed by atoms with E-state index in [1.807, 2.05) is 40.7 Å². The van der Waals surface area contributed by atoms with Crippen LogP contribution in [-0.4, -0.2) is 18.3 Å². The second kappa shape index (κ2) is 7.06. The van der Waals surface area contributed by atoms with Crippen LogP contribution in [0.25, 0.3) is 0 Å². The van der Waals surface area contributed by atoms with Crippen molar-refractivity contribution in [2.45, 2.75) is 72.3 Å². The first-order valence-corrected chi connectivity index (χ1v) is 8.40. The number of rotatable bonds is 4. The molecule has 1 atom stereocenters. The standard InChI is InChI=1S/C20H31NO3/c1-12(2)16(21)18(23)24-17-13(11-22)9-14(19(3,4)5)10-15(17)20(6,7)8/h9-12,16H,21H2,1-8H3/t16-/m1/s1. The van der Waals surface area contributed by atoms with Crippen LogP contribution in [0.4, 0.5) is 0 Å². The minimum absolute atomic E-state index is 0.0379. The molecule has 0 bridgehead atoms. The van der Waals surface area contributed by atoms with E-state index in [9.17, 15) is 9.59 Å². The van der Waals surface area contributed by atoms with E-state index in [1.165, 1.54) is 0 Å². The third-order valence-corrected chi connectivity index (χ3v) is 4.11. The molecule has 0 aliphatic heterocycles. The molecule has 0 aliphatic rings. The van der Waals surface area contributed by atoms with Crippen molar-refractivity contribution in [1.82, 2.24) is 0 Å². The summed E-state index contributed by atoms with van der Waals surface area (Å²) < 4.78 is 5.59. The normalized spacial score (nSPS) is 13.8. The third-order valence-electron chi connectivity index (χ3n) is 4.11. The fraction of sp³-hybridized carbons (Fsp3) is 0.600.